The van der Waals surface area contributed by atoms with E-state index in [2.05, 4.69) is 16.4 Å². The molecule has 6 heteroatoms. The number of nitrogens with zero attached hydrogens (tertiary/aromatic N) is 2. The summed E-state index contributed by atoms with van der Waals surface area (Å²) in [7, 11) is 0. The van der Waals surface area contributed by atoms with E-state index >= 15 is 0 Å². The second-order valence-corrected chi connectivity index (χ2v) is 8.51. The van der Waals surface area contributed by atoms with Crippen molar-refractivity contribution in [2.45, 2.75) is 45.6 Å². The fourth-order valence-corrected chi connectivity index (χ4v) is 4.87. The van der Waals surface area contributed by atoms with Crippen molar-refractivity contribution in [1.29, 1.82) is 0 Å². The Morgan fingerprint density at radius 3 is 2.83 bits per heavy atom. The second kappa shape index (κ2) is 8.74. The van der Waals surface area contributed by atoms with Crippen LogP contribution in [0.3, 0.4) is 0 Å². The van der Waals surface area contributed by atoms with Gasteiger partial charge in [-0.2, -0.15) is 0 Å². The zero-order chi connectivity index (χ0) is 20.2. The maximum atomic E-state index is 13.0. The van der Waals surface area contributed by atoms with Crippen molar-refractivity contribution in [2.75, 3.05) is 6.54 Å². The quantitative estimate of drug-likeness (QED) is 0.615. The minimum absolute atomic E-state index is 0.0981. The van der Waals surface area contributed by atoms with Crippen LogP contribution in [0.2, 0.25) is 0 Å². The van der Waals surface area contributed by atoms with Crippen LogP contribution in [0.25, 0.3) is 10.2 Å². The van der Waals surface area contributed by atoms with Gasteiger partial charge in [-0.05, 0) is 50.2 Å². The summed E-state index contributed by atoms with van der Waals surface area (Å²) in [4.78, 5) is 31.4. The van der Waals surface area contributed by atoms with Gasteiger partial charge in [0.2, 0.25) is 0 Å². The minimum Gasteiger partial charge on any atom is -0.351 e. The molecule has 0 fully saturated rings. The summed E-state index contributed by atoms with van der Waals surface area (Å²) in [6.45, 7) is 2.94. The molecule has 1 amide bonds. The standard InChI is InChI=1S/C23H25N3O2S/c1-16-19-22(25-15-26(23(19)28)14-18-10-6-3-7-11-18)29-20(16)21(27)24-13-12-17-8-4-2-5-9-17/h3,6-8,10-11,15H,2,4-5,9,12-14H2,1H3,(H,24,27). The summed E-state index contributed by atoms with van der Waals surface area (Å²) in [5.41, 5.74) is 3.10. The molecular formula is C23H25N3O2S. The fourth-order valence-electron chi connectivity index (χ4n) is 3.82. The van der Waals surface area contributed by atoms with Crippen molar-refractivity contribution < 1.29 is 4.79 Å². The number of aryl methyl sites for hydroxylation is 1. The molecule has 0 aliphatic heterocycles. The maximum Gasteiger partial charge on any atom is 0.262 e. The van der Waals surface area contributed by atoms with E-state index in [1.54, 1.807) is 10.9 Å². The van der Waals surface area contributed by atoms with Crippen LogP contribution in [0.1, 0.15) is 52.9 Å². The molecule has 2 heterocycles. The average molecular weight is 408 g/mol. The fraction of sp³-hybridized carbons (Fsp3) is 0.348. The average Bonchev–Trinajstić information content (AvgIpc) is 3.09. The highest BCUT2D eigenvalue weighted by molar-refractivity contribution is 7.20. The summed E-state index contributed by atoms with van der Waals surface area (Å²) in [5.74, 6) is -0.115. The van der Waals surface area contributed by atoms with Crippen molar-refractivity contribution in [1.82, 2.24) is 14.9 Å². The maximum absolute atomic E-state index is 13.0. The van der Waals surface area contributed by atoms with Gasteiger partial charge in [0.1, 0.15) is 4.83 Å². The summed E-state index contributed by atoms with van der Waals surface area (Å²) in [5, 5.41) is 3.57. The number of hydrogen-bond acceptors (Lipinski definition) is 4. The first-order chi connectivity index (χ1) is 14.1. The van der Waals surface area contributed by atoms with Gasteiger partial charge < -0.3 is 5.32 Å². The van der Waals surface area contributed by atoms with Crippen LogP contribution in [0.15, 0.2) is 53.1 Å². The molecule has 5 nitrogen and oxygen atoms in total. The number of allylic oxidation sites excluding steroid dienone is 1. The van der Waals surface area contributed by atoms with E-state index in [1.807, 2.05) is 37.3 Å². The van der Waals surface area contributed by atoms with Crippen LogP contribution in [0, 0.1) is 6.92 Å². The van der Waals surface area contributed by atoms with Gasteiger partial charge in [-0.15, -0.1) is 11.3 Å². The number of hydrogen-bond donors (Lipinski definition) is 1. The van der Waals surface area contributed by atoms with E-state index in [9.17, 15) is 9.59 Å². The number of benzene rings is 1. The first-order valence-electron chi connectivity index (χ1n) is 10.1. The Balaban J connectivity index is 1.52. The van der Waals surface area contributed by atoms with E-state index in [0.29, 0.717) is 28.2 Å². The third-order valence-corrected chi connectivity index (χ3v) is 6.63. The van der Waals surface area contributed by atoms with E-state index in [0.717, 1.165) is 30.4 Å². The zero-order valence-corrected chi connectivity index (χ0v) is 17.4. The smallest absolute Gasteiger partial charge is 0.262 e. The van der Waals surface area contributed by atoms with Crippen molar-refractivity contribution in [2.24, 2.45) is 0 Å². The van der Waals surface area contributed by atoms with Crippen molar-refractivity contribution in [3.8, 4) is 0 Å². The van der Waals surface area contributed by atoms with Crippen molar-refractivity contribution >= 4 is 27.5 Å². The number of amides is 1. The largest absolute Gasteiger partial charge is 0.351 e. The SMILES string of the molecule is Cc1c(C(=O)NCCC2=CCCCC2)sc2ncn(Cc3ccccc3)c(=O)c12. The van der Waals surface area contributed by atoms with Crippen molar-refractivity contribution in [3.63, 3.8) is 0 Å². The first-order valence-corrected chi connectivity index (χ1v) is 10.9. The van der Waals surface area contributed by atoms with Gasteiger partial charge in [0, 0.05) is 6.54 Å². The summed E-state index contributed by atoms with van der Waals surface area (Å²) in [6.07, 6.45) is 9.59. The Morgan fingerprint density at radius 1 is 1.24 bits per heavy atom. The molecule has 1 aromatic carbocycles. The topological polar surface area (TPSA) is 64.0 Å². The molecule has 2 aromatic heterocycles. The number of thiophene rings is 1. The Morgan fingerprint density at radius 2 is 2.07 bits per heavy atom. The Kier molecular flexibility index (Phi) is 5.90. The molecule has 0 spiro atoms. The van der Waals surface area contributed by atoms with Crippen LogP contribution >= 0.6 is 11.3 Å². The molecule has 4 rings (SSSR count). The zero-order valence-electron chi connectivity index (χ0n) is 16.6. The lowest BCUT2D eigenvalue weighted by Crippen LogP contribution is -2.25. The van der Waals surface area contributed by atoms with Crippen LogP contribution in [-0.2, 0) is 6.54 Å². The molecule has 0 atom stereocenters. The third kappa shape index (κ3) is 4.32. The van der Waals surface area contributed by atoms with Gasteiger partial charge in [0.25, 0.3) is 11.5 Å². The lowest BCUT2D eigenvalue weighted by atomic mass is 9.97. The number of fused-ring (bicyclic) bond motifs is 1. The number of aromatic nitrogens is 2. The predicted octanol–water partition coefficient (Wildman–Crippen LogP) is 4.44. The molecule has 29 heavy (non-hydrogen) atoms. The van der Waals surface area contributed by atoms with Gasteiger partial charge in [-0.1, -0.05) is 42.0 Å². The number of carbonyl (C=O) groups is 1. The van der Waals surface area contributed by atoms with Crippen LogP contribution in [0.5, 0.6) is 0 Å². The molecule has 150 valence electrons. The Bertz CT molecular complexity index is 1110. The molecule has 0 unspecified atom stereocenters. The predicted molar refractivity (Wildman–Crippen MR) is 118 cm³/mol. The monoisotopic (exact) mass is 407 g/mol. The highest BCUT2D eigenvalue weighted by atomic mass is 32.1. The first kappa shape index (κ1) is 19.6. The minimum atomic E-state index is -0.115. The van der Waals surface area contributed by atoms with Gasteiger partial charge in [-0.3, -0.25) is 14.2 Å². The number of rotatable bonds is 6. The van der Waals surface area contributed by atoms with E-state index in [4.69, 9.17) is 0 Å². The van der Waals surface area contributed by atoms with Crippen molar-refractivity contribution in [3.05, 3.63) is 74.7 Å². The van der Waals surface area contributed by atoms with E-state index in [-0.39, 0.29) is 11.5 Å². The molecule has 0 saturated heterocycles. The molecular weight excluding hydrogens is 382 g/mol. The highest BCUT2D eigenvalue weighted by Gasteiger charge is 2.19. The normalized spacial score (nSPS) is 14.0. The molecule has 0 radical (unpaired) electrons. The van der Waals surface area contributed by atoms with Gasteiger partial charge >= 0.3 is 0 Å². The molecule has 3 aromatic rings. The number of carbonyl (C=O) groups excluding carboxylic acids is 1. The molecule has 1 aliphatic carbocycles. The van der Waals surface area contributed by atoms with Gasteiger partial charge in [0.15, 0.2) is 0 Å². The van der Waals surface area contributed by atoms with Crippen LogP contribution < -0.4 is 10.9 Å². The lowest BCUT2D eigenvalue weighted by molar-refractivity contribution is 0.0957. The Hall–Kier alpha value is -2.73. The summed E-state index contributed by atoms with van der Waals surface area (Å²) >= 11 is 1.30. The molecule has 1 aliphatic rings. The molecule has 1 N–H and O–H groups in total. The summed E-state index contributed by atoms with van der Waals surface area (Å²) < 4.78 is 1.61. The van der Waals surface area contributed by atoms with Gasteiger partial charge in [-0.25, -0.2) is 4.98 Å². The van der Waals surface area contributed by atoms with E-state index < -0.39 is 0 Å². The lowest BCUT2D eigenvalue weighted by Gasteiger charge is -2.12. The van der Waals surface area contributed by atoms with Crippen LogP contribution in [-0.4, -0.2) is 22.0 Å². The second-order valence-electron chi connectivity index (χ2n) is 7.51. The molecule has 0 bridgehead atoms. The third-order valence-electron chi connectivity index (χ3n) is 5.44. The van der Waals surface area contributed by atoms with Crippen LogP contribution in [0.4, 0.5) is 0 Å². The Labute approximate surface area is 174 Å². The summed E-state index contributed by atoms with van der Waals surface area (Å²) in [6, 6.07) is 9.82. The highest BCUT2D eigenvalue weighted by Crippen LogP contribution is 2.27. The van der Waals surface area contributed by atoms with E-state index in [1.165, 1.54) is 29.8 Å². The molecule has 0 saturated carbocycles. The number of nitrogens with one attached hydrogen (secondary N) is 1. The van der Waals surface area contributed by atoms with Gasteiger partial charge in [0.05, 0.1) is 23.1 Å².